The van der Waals surface area contributed by atoms with Crippen molar-refractivity contribution in [2.45, 2.75) is 12.8 Å². The molecular formula is C12H13NO. The molecule has 0 atom stereocenters. The maximum Gasteiger partial charge on any atom is 0.227 e. The van der Waals surface area contributed by atoms with E-state index in [0.29, 0.717) is 6.42 Å². The predicted octanol–water partition coefficient (Wildman–Crippen LogP) is 2.28. The third-order valence-corrected chi connectivity index (χ3v) is 2.51. The van der Waals surface area contributed by atoms with Crippen LogP contribution in [-0.4, -0.2) is 17.4 Å². The van der Waals surface area contributed by atoms with Crippen molar-refractivity contribution in [3.8, 4) is 0 Å². The number of hydrogen-bond acceptors (Lipinski definition) is 1. The van der Waals surface area contributed by atoms with E-state index in [1.807, 2.05) is 30.3 Å². The first-order chi connectivity index (χ1) is 6.79. The Balaban J connectivity index is 2.20. The Morgan fingerprint density at radius 3 is 2.57 bits per heavy atom. The zero-order valence-electron chi connectivity index (χ0n) is 8.07. The Hall–Kier alpha value is -1.57. The molecular weight excluding hydrogens is 174 g/mol. The van der Waals surface area contributed by atoms with Crippen LogP contribution in [0.5, 0.6) is 0 Å². The molecule has 1 aliphatic rings. The van der Waals surface area contributed by atoms with E-state index in [-0.39, 0.29) is 5.91 Å². The molecule has 1 aliphatic heterocycles. The Labute approximate surface area is 83.8 Å². The summed E-state index contributed by atoms with van der Waals surface area (Å²) in [7, 11) is 0. The smallest absolute Gasteiger partial charge is 0.227 e. The van der Waals surface area contributed by atoms with Crippen molar-refractivity contribution >= 4 is 11.6 Å². The molecule has 1 fully saturated rings. The lowest BCUT2D eigenvalue weighted by molar-refractivity contribution is -0.124. The summed E-state index contributed by atoms with van der Waals surface area (Å²) in [5.74, 6) is 0.193. The van der Waals surface area contributed by atoms with Gasteiger partial charge in [-0.2, -0.15) is 0 Å². The van der Waals surface area contributed by atoms with Gasteiger partial charge in [0.25, 0.3) is 0 Å². The van der Waals surface area contributed by atoms with Crippen LogP contribution in [0.15, 0.2) is 36.9 Å². The fourth-order valence-electron chi connectivity index (χ4n) is 1.72. The van der Waals surface area contributed by atoms with Gasteiger partial charge in [0.2, 0.25) is 5.91 Å². The van der Waals surface area contributed by atoms with Crippen LogP contribution in [0, 0.1) is 0 Å². The van der Waals surface area contributed by atoms with Crippen molar-refractivity contribution < 1.29 is 4.79 Å². The quantitative estimate of drug-likeness (QED) is 0.695. The molecule has 1 aromatic rings. The highest BCUT2D eigenvalue weighted by molar-refractivity contribution is 5.87. The predicted molar refractivity (Wildman–Crippen MR) is 56.4 cm³/mol. The number of likely N-dealkylation sites (tertiary alicyclic amines) is 1. The first kappa shape index (κ1) is 9.00. The number of benzene rings is 1. The highest BCUT2D eigenvalue weighted by atomic mass is 16.2. The molecule has 1 heterocycles. The molecule has 14 heavy (non-hydrogen) atoms. The van der Waals surface area contributed by atoms with Crippen molar-refractivity contribution in [2.75, 3.05) is 6.54 Å². The minimum atomic E-state index is 0.193. The van der Waals surface area contributed by atoms with E-state index in [9.17, 15) is 4.79 Å². The van der Waals surface area contributed by atoms with E-state index in [0.717, 1.165) is 24.2 Å². The van der Waals surface area contributed by atoms with Gasteiger partial charge in [-0.25, -0.2) is 0 Å². The fraction of sp³-hybridized carbons (Fsp3) is 0.250. The van der Waals surface area contributed by atoms with Gasteiger partial charge in [0, 0.05) is 18.7 Å². The summed E-state index contributed by atoms with van der Waals surface area (Å²) in [6, 6.07) is 9.84. The standard InChI is InChI=1S/C12H13NO/c1-10(11-6-3-2-4-7-11)13-9-5-8-12(13)14/h2-4,6-7H,1,5,8-9H2. The number of amides is 1. The first-order valence-corrected chi connectivity index (χ1v) is 4.84. The van der Waals surface area contributed by atoms with Crippen LogP contribution in [0.1, 0.15) is 18.4 Å². The van der Waals surface area contributed by atoms with Crippen LogP contribution >= 0.6 is 0 Å². The van der Waals surface area contributed by atoms with Crippen molar-refractivity contribution in [3.05, 3.63) is 42.5 Å². The van der Waals surface area contributed by atoms with Crippen molar-refractivity contribution in [3.63, 3.8) is 0 Å². The molecule has 2 rings (SSSR count). The Morgan fingerprint density at radius 1 is 1.29 bits per heavy atom. The van der Waals surface area contributed by atoms with Crippen molar-refractivity contribution in [2.24, 2.45) is 0 Å². The average molecular weight is 187 g/mol. The summed E-state index contributed by atoms with van der Waals surface area (Å²) in [4.78, 5) is 13.2. The molecule has 1 amide bonds. The van der Waals surface area contributed by atoms with Crippen molar-refractivity contribution in [1.82, 2.24) is 4.90 Å². The van der Waals surface area contributed by atoms with Gasteiger partial charge in [-0.1, -0.05) is 36.9 Å². The summed E-state index contributed by atoms with van der Waals surface area (Å²) < 4.78 is 0. The number of carbonyl (C=O) groups excluding carboxylic acids is 1. The average Bonchev–Trinajstić information content (AvgIpc) is 2.65. The summed E-state index contributed by atoms with van der Waals surface area (Å²) in [6.45, 7) is 4.77. The van der Waals surface area contributed by atoms with Gasteiger partial charge >= 0.3 is 0 Å². The van der Waals surface area contributed by atoms with Crippen LogP contribution in [0.4, 0.5) is 0 Å². The zero-order valence-corrected chi connectivity index (χ0v) is 8.07. The maximum atomic E-state index is 11.5. The van der Waals surface area contributed by atoms with Gasteiger partial charge in [-0.3, -0.25) is 4.79 Å². The third-order valence-electron chi connectivity index (χ3n) is 2.51. The molecule has 2 heteroatoms. The molecule has 0 aromatic heterocycles. The maximum absolute atomic E-state index is 11.5. The van der Waals surface area contributed by atoms with E-state index >= 15 is 0 Å². The Morgan fingerprint density at radius 2 is 2.00 bits per heavy atom. The Bertz CT molecular complexity index is 356. The molecule has 1 saturated heterocycles. The second-order valence-corrected chi connectivity index (χ2v) is 3.46. The van der Waals surface area contributed by atoms with E-state index in [1.54, 1.807) is 4.90 Å². The zero-order chi connectivity index (χ0) is 9.97. The monoisotopic (exact) mass is 187 g/mol. The van der Waals surface area contributed by atoms with Gasteiger partial charge < -0.3 is 4.90 Å². The van der Waals surface area contributed by atoms with Gasteiger partial charge in [-0.05, 0) is 12.0 Å². The second kappa shape index (κ2) is 3.66. The molecule has 0 saturated carbocycles. The van der Waals surface area contributed by atoms with Crippen LogP contribution < -0.4 is 0 Å². The minimum Gasteiger partial charge on any atom is -0.312 e. The lowest BCUT2D eigenvalue weighted by Crippen LogP contribution is -2.22. The molecule has 0 unspecified atom stereocenters. The minimum absolute atomic E-state index is 0.193. The van der Waals surface area contributed by atoms with Gasteiger partial charge in [0.1, 0.15) is 0 Å². The van der Waals surface area contributed by atoms with Crippen LogP contribution in [0.3, 0.4) is 0 Å². The van der Waals surface area contributed by atoms with Gasteiger partial charge in [0.15, 0.2) is 0 Å². The summed E-state index contributed by atoms with van der Waals surface area (Å²) >= 11 is 0. The molecule has 0 radical (unpaired) electrons. The number of carbonyl (C=O) groups is 1. The first-order valence-electron chi connectivity index (χ1n) is 4.84. The Kier molecular flexibility index (Phi) is 2.35. The molecule has 72 valence electrons. The third kappa shape index (κ3) is 1.55. The molecule has 0 aliphatic carbocycles. The highest BCUT2D eigenvalue weighted by Crippen LogP contribution is 2.22. The lowest BCUT2D eigenvalue weighted by Gasteiger charge is -2.18. The van der Waals surface area contributed by atoms with E-state index in [4.69, 9.17) is 0 Å². The van der Waals surface area contributed by atoms with Gasteiger partial charge in [0.05, 0.1) is 0 Å². The van der Waals surface area contributed by atoms with Gasteiger partial charge in [-0.15, -0.1) is 0 Å². The fourth-order valence-corrected chi connectivity index (χ4v) is 1.72. The van der Waals surface area contributed by atoms with Crippen LogP contribution in [0.2, 0.25) is 0 Å². The van der Waals surface area contributed by atoms with Crippen LogP contribution in [0.25, 0.3) is 5.70 Å². The number of nitrogens with zero attached hydrogens (tertiary/aromatic N) is 1. The second-order valence-electron chi connectivity index (χ2n) is 3.46. The summed E-state index contributed by atoms with van der Waals surface area (Å²) in [5, 5.41) is 0. The molecule has 2 nitrogen and oxygen atoms in total. The normalized spacial score (nSPS) is 16.0. The molecule has 0 spiro atoms. The number of hydrogen-bond donors (Lipinski definition) is 0. The van der Waals surface area contributed by atoms with E-state index < -0.39 is 0 Å². The van der Waals surface area contributed by atoms with E-state index in [1.165, 1.54) is 0 Å². The van der Waals surface area contributed by atoms with E-state index in [2.05, 4.69) is 6.58 Å². The SMILES string of the molecule is C=C(c1ccccc1)N1CCCC1=O. The summed E-state index contributed by atoms with van der Waals surface area (Å²) in [5.41, 5.74) is 1.86. The van der Waals surface area contributed by atoms with Crippen molar-refractivity contribution in [1.29, 1.82) is 0 Å². The molecule has 1 aromatic carbocycles. The van der Waals surface area contributed by atoms with Crippen LogP contribution in [-0.2, 0) is 4.79 Å². The lowest BCUT2D eigenvalue weighted by atomic mass is 10.1. The highest BCUT2D eigenvalue weighted by Gasteiger charge is 2.22. The molecule has 0 N–H and O–H groups in total. The summed E-state index contributed by atoms with van der Waals surface area (Å²) in [6.07, 6.45) is 1.61. The molecule has 0 bridgehead atoms. The topological polar surface area (TPSA) is 20.3 Å². The number of rotatable bonds is 2. The largest absolute Gasteiger partial charge is 0.312 e.